The number of nitrogens with one attached hydrogen (secondary N) is 3. The molecular formula is C21H24N4O4. The van der Waals surface area contributed by atoms with E-state index in [1.54, 1.807) is 12.1 Å². The van der Waals surface area contributed by atoms with Crippen LogP contribution in [-0.4, -0.2) is 22.2 Å². The predicted molar refractivity (Wildman–Crippen MR) is 107 cm³/mol. The molecule has 4 N–H and O–H groups in total. The van der Waals surface area contributed by atoms with Crippen molar-refractivity contribution in [1.82, 2.24) is 16.2 Å². The number of fused-ring (bicyclic) bond motifs is 1. The van der Waals surface area contributed by atoms with E-state index in [1.807, 2.05) is 0 Å². The lowest BCUT2D eigenvalue weighted by molar-refractivity contribution is -0.384. The molecule has 4 rings (SSSR count). The third-order valence-corrected chi connectivity index (χ3v) is 6.07. The molecular weight excluding hydrogens is 372 g/mol. The van der Waals surface area contributed by atoms with Crippen molar-refractivity contribution in [2.45, 2.75) is 38.0 Å². The van der Waals surface area contributed by atoms with Crippen molar-refractivity contribution >= 4 is 11.7 Å². The number of hydrazine groups is 1. The highest BCUT2D eigenvalue weighted by molar-refractivity contribution is 5.71. The Hall–Kier alpha value is -2.81. The second kappa shape index (κ2) is 7.90. The molecule has 8 nitrogen and oxygen atoms in total. The number of non-ortho nitro benzene ring substituents is 1. The van der Waals surface area contributed by atoms with Gasteiger partial charge in [0.1, 0.15) is 0 Å². The number of carboxylic acids is 1. The van der Waals surface area contributed by atoms with Crippen LogP contribution >= 0.6 is 0 Å². The van der Waals surface area contributed by atoms with Crippen molar-refractivity contribution in [2.24, 2.45) is 11.8 Å². The summed E-state index contributed by atoms with van der Waals surface area (Å²) in [5.41, 5.74) is 9.55. The number of aliphatic carboxylic acids is 1. The zero-order valence-electron chi connectivity index (χ0n) is 16.0. The monoisotopic (exact) mass is 396 g/mol. The number of nitro groups is 1. The van der Waals surface area contributed by atoms with Gasteiger partial charge in [-0.1, -0.05) is 43.3 Å². The van der Waals surface area contributed by atoms with Crippen LogP contribution in [-0.2, 0) is 11.2 Å². The number of nitrogens with zero attached hydrogens (tertiary/aromatic N) is 1. The quantitative estimate of drug-likeness (QED) is 0.453. The Bertz CT molecular complexity index is 900. The van der Waals surface area contributed by atoms with E-state index in [2.05, 4.69) is 47.4 Å². The number of hydrogen-bond donors (Lipinski definition) is 4. The summed E-state index contributed by atoms with van der Waals surface area (Å²) in [6.45, 7) is 2.10. The predicted octanol–water partition coefficient (Wildman–Crippen LogP) is 2.68. The Morgan fingerprint density at radius 1 is 1.10 bits per heavy atom. The second-order valence-electron chi connectivity index (χ2n) is 7.66. The molecule has 2 aromatic carbocycles. The first-order valence-electron chi connectivity index (χ1n) is 9.81. The lowest BCUT2D eigenvalue weighted by atomic mass is 9.75. The average molecular weight is 396 g/mol. The van der Waals surface area contributed by atoms with Gasteiger partial charge in [0.25, 0.3) is 5.69 Å². The number of piperidine rings is 1. The minimum Gasteiger partial charge on any atom is -0.481 e. The van der Waals surface area contributed by atoms with Crippen molar-refractivity contribution in [1.29, 1.82) is 0 Å². The van der Waals surface area contributed by atoms with Crippen LogP contribution in [0.15, 0.2) is 48.5 Å². The van der Waals surface area contributed by atoms with Crippen molar-refractivity contribution in [3.8, 4) is 0 Å². The molecule has 0 radical (unpaired) electrons. The highest BCUT2D eigenvalue weighted by Crippen LogP contribution is 2.42. The maximum atomic E-state index is 12.1. The van der Waals surface area contributed by atoms with Gasteiger partial charge in [-0.15, -0.1) is 0 Å². The fourth-order valence-electron chi connectivity index (χ4n) is 4.47. The molecule has 0 aliphatic carbocycles. The number of aryl methyl sites for hydroxylation is 1. The Morgan fingerprint density at radius 2 is 1.76 bits per heavy atom. The summed E-state index contributed by atoms with van der Waals surface area (Å²) in [5, 5.41) is 24.4. The lowest BCUT2D eigenvalue weighted by Gasteiger charge is -2.39. The van der Waals surface area contributed by atoms with E-state index in [1.165, 1.54) is 17.7 Å². The summed E-state index contributed by atoms with van der Waals surface area (Å²) < 4.78 is 0. The summed E-state index contributed by atoms with van der Waals surface area (Å²) >= 11 is 0. The fourth-order valence-corrected chi connectivity index (χ4v) is 4.47. The van der Waals surface area contributed by atoms with Crippen LogP contribution in [0.25, 0.3) is 0 Å². The van der Waals surface area contributed by atoms with Crippen LogP contribution in [0.1, 0.15) is 42.1 Å². The van der Waals surface area contributed by atoms with Gasteiger partial charge in [-0.25, -0.2) is 10.9 Å². The largest absolute Gasteiger partial charge is 0.481 e. The Morgan fingerprint density at radius 3 is 2.34 bits per heavy atom. The maximum Gasteiger partial charge on any atom is 0.307 e. The van der Waals surface area contributed by atoms with Crippen LogP contribution in [0.4, 0.5) is 5.69 Å². The fraction of sp³-hybridized carbons (Fsp3) is 0.381. The van der Waals surface area contributed by atoms with Gasteiger partial charge in [0.15, 0.2) is 0 Å². The zero-order valence-corrected chi connectivity index (χ0v) is 16.0. The summed E-state index contributed by atoms with van der Waals surface area (Å²) in [4.78, 5) is 22.6. The van der Waals surface area contributed by atoms with Gasteiger partial charge in [0, 0.05) is 24.1 Å². The van der Waals surface area contributed by atoms with Crippen LogP contribution in [0.2, 0.25) is 0 Å². The molecule has 5 unspecified atom stereocenters. The van der Waals surface area contributed by atoms with E-state index in [0.29, 0.717) is 6.42 Å². The van der Waals surface area contributed by atoms with E-state index in [9.17, 15) is 20.0 Å². The molecule has 0 saturated carbocycles. The highest BCUT2D eigenvalue weighted by Gasteiger charge is 2.49. The van der Waals surface area contributed by atoms with Gasteiger partial charge >= 0.3 is 5.97 Å². The highest BCUT2D eigenvalue weighted by atomic mass is 16.6. The molecule has 2 aliphatic heterocycles. The van der Waals surface area contributed by atoms with Gasteiger partial charge in [-0.3, -0.25) is 20.2 Å². The van der Waals surface area contributed by atoms with E-state index in [4.69, 9.17) is 0 Å². The zero-order chi connectivity index (χ0) is 20.5. The van der Waals surface area contributed by atoms with E-state index >= 15 is 0 Å². The molecule has 8 heteroatoms. The van der Waals surface area contributed by atoms with E-state index in [0.717, 1.165) is 17.5 Å². The molecule has 2 saturated heterocycles. The normalized spacial score (nSPS) is 28.7. The summed E-state index contributed by atoms with van der Waals surface area (Å²) in [6.07, 6.45) is 1.22. The smallest absolute Gasteiger partial charge is 0.307 e. The van der Waals surface area contributed by atoms with Gasteiger partial charge in [0.2, 0.25) is 0 Å². The molecule has 2 aliphatic rings. The number of hydrogen-bond acceptors (Lipinski definition) is 6. The van der Waals surface area contributed by atoms with Crippen molar-refractivity contribution in [3.05, 3.63) is 75.3 Å². The maximum absolute atomic E-state index is 12.1. The minimum absolute atomic E-state index is 0.0170. The first-order valence-corrected chi connectivity index (χ1v) is 9.81. The molecule has 0 bridgehead atoms. The van der Waals surface area contributed by atoms with Crippen LogP contribution in [0.3, 0.4) is 0 Å². The molecule has 2 heterocycles. The summed E-state index contributed by atoms with van der Waals surface area (Å²) in [5.74, 6) is -1.60. The summed E-state index contributed by atoms with van der Waals surface area (Å²) in [7, 11) is 0. The van der Waals surface area contributed by atoms with Crippen molar-refractivity contribution in [3.63, 3.8) is 0 Å². The van der Waals surface area contributed by atoms with Gasteiger partial charge in [-0.05, 0) is 29.5 Å². The number of benzene rings is 2. The SMILES string of the molecule is CCc1ccc(C2CC(C(=O)O)C3C(NNC3c3ccc([N+](=O)[O-])cc3)N2)cc1. The van der Waals surface area contributed by atoms with Crippen LogP contribution in [0.5, 0.6) is 0 Å². The van der Waals surface area contributed by atoms with Crippen LogP contribution in [0, 0.1) is 22.0 Å². The number of carbonyl (C=O) groups is 1. The standard InChI is InChI=1S/C21H24N4O4/c1-2-12-3-5-13(6-4-12)17-11-16(21(26)27)18-19(23-24-20(18)22-17)14-7-9-15(10-8-14)25(28)29/h3-10,16-20,22-24H,2,11H2,1H3,(H,26,27). The number of rotatable bonds is 5. The molecule has 0 amide bonds. The average Bonchev–Trinajstić information content (AvgIpc) is 3.17. The molecule has 0 spiro atoms. The molecule has 29 heavy (non-hydrogen) atoms. The molecule has 0 aromatic heterocycles. The second-order valence-corrected chi connectivity index (χ2v) is 7.66. The Kier molecular flexibility index (Phi) is 5.31. The minimum atomic E-state index is -0.825. The third kappa shape index (κ3) is 3.74. The molecule has 2 aromatic rings. The number of carboxylic acid groups (broad SMARTS) is 1. The first-order chi connectivity index (χ1) is 14.0. The first kappa shape index (κ1) is 19.5. The van der Waals surface area contributed by atoms with Crippen molar-refractivity contribution in [2.75, 3.05) is 0 Å². The molecule has 5 atom stereocenters. The Labute approximate surface area is 168 Å². The Balaban J connectivity index is 1.58. The molecule has 152 valence electrons. The number of nitro benzene ring substituents is 1. The van der Waals surface area contributed by atoms with E-state index in [-0.39, 0.29) is 29.9 Å². The topological polar surface area (TPSA) is 117 Å². The lowest BCUT2D eigenvalue weighted by Crippen LogP contribution is -2.53. The van der Waals surface area contributed by atoms with Gasteiger partial charge < -0.3 is 5.11 Å². The molecule has 2 fully saturated rings. The summed E-state index contributed by atoms with van der Waals surface area (Å²) in [6, 6.07) is 14.3. The van der Waals surface area contributed by atoms with Gasteiger partial charge in [-0.2, -0.15) is 0 Å². The van der Waals surface area contributed by atoms with Gasteiger partial charge in [0.05, 0.1) is 23.0 Å². The third-order valence-electron chi connectivity index (χ3n) is 6.07. The van der Waals surface area contributed by atoms with Crippen molar-refractivity contribution < 1.29 is 14.8 Å². The van der Waals surface area contributed by atoms with E-state index < -0.39 is 16.8 Å². The van der Waals surface area contributed by atoms with Crippen LogP contribution < -0.4 is 16.2 Å².